The van der Waals surface area contributed by atoms with E-state index in [4.69, 9.17) is 14.2 Å². The molecule has 0 fully saturated rings. The lowest BCUT2D eigenvalue weighted by molar-refractivity contribution is -0.140. The molecule has 0 aliphatic rings. The van der Waals surface area contributed by atoms with Crippen LogP contribution < -0.4 is 0 Å². The van der Waals surface area contributed by atoms with Crippen LogP contribution in [0.1, 0.15) is 91.9 Å². The predicted octanol–water partition coefficient (Wildman–Crippen LogP) is 6.49. The summed E-state index contributed by atoms with van der Waals surface area (Å²) in [6.07, 6.45) is 1.25. The maximum Gasteiger partial charge on any atom is 0.355 e. The predicted molar refractivity (Wildman–Crippen MR) is 159 cm³/mol. The Balaban J connectivity index is 1.70. The average Bonchev–Trinajstić information content (AvgIpc) is 3.53. The van der Waals surface area contributed by atoms with Gasteiger partial charge in [-0.3, -0.25) is 4.79 Å². The Labute approximate surface area is 246 Å². The second-order valence-corrected chi connectivity index (χ2v) is 10.2. The van der Waals surface area contributed by atoms with Crippen molar-refractivity contribution in [2.24, 2.45) is 0 Å². The van der Waals surface area contributed by atoms with Gasteiger partial charge in [-0.25, -0.2) is 9.59 Å². The van der Waals surface area contributed by atoms with Crippen molar-refractivity contribution >= 4 is 17.9 Å². The van der Waals surface area contributed by atoms with Crippen molar-refractivity contribution in [3.8, 4) is 0 Å². The number of ether oxygens (including phenoxy) is 3. The fourth-order valence-corrected chi connectivity index (χ4v) is 5.42. The fraction of sp³-hybridized carbons (Fsp3) is 0.324. The molecule has 0 amide bonds. The number of methoxy groups -OCH3 is 1. The van der Waals surface area contributed by atoms with Crippen LogP contribution in [0, 0.1) is 13.8 Å². The normalized spacial score (nSPS) is 11.0. The third-order valence-electron chi connectivity index (χ3n) is 7.66. The quantitative estimate of drug-likeness (QED) is 0.149. The van der Waals surface area contributed by atoms with Crippen LogP contribution in [0.25, 0.3) is 0 Å². The lowest BCUT2D eigenvalue weighted by Gasteiger charge is -2.18. The van der Waals surface area contributed by atoms with Crippen LogP contribution in [-0.4, -0.2) is 35.0 Å². The van der Waals surface area contributed by atoms with Crippen molar-refractivity contribution in [1.82, 2.24) is 9.97 Å². The summed E-state index contributed by atoms with van der Waals surface area (Å²) in [5.74, 6) is -1.88. The third kappa shape index (κ3) is 6.65. The Bertz CT molecular complexity index is 1430. The first-order chi connectivity index (χ1) is 20.3. The Morgan fingerprint density at radius 3 is 1.45 bits per heavy atom. The van der Waals surface area contributed by atoms with Gasteiger partial charge >= 0.3 is 17.9 Å². The van der Waals surface area contributed by atoms with Gasteiger partial charge in [0.25, 0.3) is 0 Å². The molecule has 220 valence electrons. The van der Waals surface area contributed by atoms with Crippen molar-refractivity contribution in [2.75, 3.05) is 7.11 Å². The molecule has 0 aliphatic heterocycles. The molecule has 0 radical (unpaired) electrons. The maximum absolute atomic E-state index is 13.2. The number of carbonyl (C=O) groups is 3. The molecule has 42 heavy (non-hydrogen) atoms. The number of rotatable bonds is 12. The smallest absolute Gasteiger partial charge is 0.355 e. The van der Waals surface area contributed by atoms with E-state index < -0.39 is 23.8 Å². The summed E-state index contributed by atoms with van der Waals surface area (Å²) < 4.78 is 16.3. The summed E-state index contributed by atoms with van der Waals surface area (Å²) in [6, 6.07) is 19.0. The Kier molecular flexibility index (Phi) is 10.0. The van der Waals surface area contributed by atoms with Gasteiger partial charge in [0.05, 0.1) is 19.4 Å². The standard InChI is InChI=1S/C34H38N2O6/c1-6-25-21(3)29(33(38)41-19-23-14-10-8-11-15-23)35-31(25)27(18-28(37)40-5)32-26(7-2)22(4)30(36-32)34(39)42-20-24-16-12-9-13-17-24/h8-17,27,35-36H,6-7,18-20H2,1-5H3. The molecular weight excluding hydrogens is 532 g/mol. The highest BCUT2D eigenvalue weighted by Gasteiger charge is 2.32. The number of hydrogen-bond acceptors (Lipinski definition) is 6. The van der Waals surface area contributed by atoms with Crippen LogP contribution in [0.3, 0.4) is 0 Å². The molecule has 8 heteroatoms. The maximum atomic E-state index is 13.2. The molecule has 2 heterocycles. The van der Waals surface area contributed by atoms with Gasteiger partial charge in [-0.05, 0) is 60.1 Å². The molecule has 0 spiro atoms. The first-order valence-electron chi connectivity index (χ1n) is 14.2. The largest absolute Gasteiger partial charge is 0.469 e. The monoisotopic (exact) mass is 570 g/mol. The molecule has 0 atom stereocenters. The zero-order chi connectivity index (χ0) is 30.2. The van der Waals surface area contributed by atoms with E-state index >= 15 is 0 Å². The van der Waals surface area contributed by atoms with Crippen LogP contribution in [0.4, 0.5) is 0 Å². The van der Waals surface area contributed by atoms with E-state index in [0.29, 0.717) is 35.6 Å². The fourth-order valence-electron chi connectivity index (χ4n) is 5.42. The zero-order valence-electron chi connectivity index (χ0n) is 24.8. The summed E-state index contributed by atoms with van der Waals surface area (Å²) in [5.41, 5.74) is 7.25. The molecule has 2 aromatic heterocycles. The van der Waals surface area contributed by atoms with Crippen molar-refractivity contribution in [3.05, 3.63) is 117 Å². The van der Waals surface area contributed by atoms with E-state index in [0.717, 1.165) is 33.4 Å². The molecule has 2 aromatic carbocycles. The summed E-state index contributed by atoms with van der Waals surface area (Å²) in [6.45, 7) is 8.04. The molecule has 4 aromatic rings. The molecule has 0 saturated heterocycles. The van der Waals surface area contributed by atoms with Crippen molar-refractivity contribution in [3.63, 3.8) is 0 Å². The van der Waals surface area contributed by atoms with Crippen molar-refractivity contribution in [1.29, 1.82) is 0 Å². The first-order valence-corrected chi connectivity index (χ1v) is 14.2. The number of carbonyl (C=O) groups excluding carboxylic acids is 3. The third-order valence-corrected chi connectivity index (χ3v) is 7.66. The SMILES string of the molecule is CCc1c(C(CC(=O)OC)c2[nH]c(C(=O)OCc3ccccc3)c(C)c2CC)[nH]c(C(=O)OCc2ccccc2)c1C. The topological polar surface area (TPSA) is 110 Å². The number of H-pyrrole nitrogens is 2. The minimum Gasteiger partial charge on any atom is -0.469 e. The van der Waals surface area contributed by atoms with Gasteiger partial charge in [0, 0.05) is 11.4 Å². The number of hydrogen-bond donors (Lipinski definition) is 2. The van der Waals surface area contributed by atoms with Crippen LogP contribution >= 0.6 is 0 Å². The van der Waals surface area contributed by atoms with Gasteiger partial charge in [-0.15, -0.1) is 0 Å². The summed E-state index contributed by atoms with van der Waals surface area (Å²) in [7, 11) is 1.35. The second kappa shape index (κ2) is 13.9. The highest BCUT2D eigenvalue weighted by Crippen LogP contribution is 2.37. The Hall–Kier alpha value is -4.59. The average molecular weight is 571 g/mol. The highest BCUT2D eigenvalue weighted by atomic mass is 16.5. The van der Waals surface area contributed by atoms with Gasteiger partial charge in [0.15, 0.2) is 0 Å². The minimum atomic E-state index is -0.522. The lowest BCUT2D eigenvalue weighted by Crippen LogP contribution is -2.14. The molecule has 4 rings (SSSR count). The van der Waals surface area contributed by atoms with Crippen molar-refractivity contribution in [2.45, 2.75) is 66.1 Å². The number of nitrogens with one attached hydrogen (secondary N) is 2. The van der Waals surface area contributed by atoms with Gasteiger partial charge in [0.2, 0.25) is 0 Å². The second-order valence-electron chi connectivity index (χ2n) is 10.2. The van der Waals surface area contributed by atoms with E-state index in [2.05, 4.69) is 9.97 Å². The van der Waals surface area contributed by atoms with Crippen LogP contribution in [0.15, 0.2) is 60.7 Å². The van der Waals surface area contributed by atoms with E-state index in [1.165, 1.54) is 7.11 Å². The Morgan fingerprint density at radius 2 is 1.10 bits per heavy atom. The van der Waals surface area contributed by atoms with Gasteiger partial charge in [-0.1, -0.05) is 74.5 Å². The molecule has 0 saturated carbocycles. The van der Waals surface area contributed by atoms with E-state index in [9.17, 15) is 14.4 Å². The minimum absolute atomic E-state index is 0.00735. The molecule has 8 nitrogen and oxygen atoms in total. The number of benzene rings is 2. The molecule has 0 aliphatic carbocycles. The van der Waals surface area contributed by atoms with E-state index in [-0.39, 0.29) is 19.6 Å². The van der Waals surface area contributed by atoms with Crippen molar-refractivity contribution < 1.29 is 28.6 Å². The van der Waals surface area contributed by atoms with E-state index in [1.807, 2.05) is 88.4 Å². The number of aromatic amines is 2. The van der Waals surface area contributed by atoms with Gasteiger partial charge in [0.1, 0.15) is 24.6 Å². The Morgan fingerprint density at radius 1 is 0.690 bits per heavy atom. The number of aromatic nitrogens is 2. The highest BCUT2D eigenvalue weighted by molar-refractivity contribution is 5.91. The van der Waals surface area contributed by atoms with Crippen LogP contribution in [0.2, 0.25) is 0 Å². The van der Waals surface area contributed by atoms with Gasteiger partial charge in [-0.2, -0.15) is 0 Å². The summed E-state index contributed by atoms with van der Waals surface area (Å²) in [5, 5.41) is 0. The van der Waals surface area contributed by atoms with Crippen LogP contribution in [0.5, 0.6) is 0 Å². The zero-order valence-corrected chi connectivity index (χ0v) is 24.8. The molecule has 0 unspecified atom stereocenters. The molecular formula is C34H38N2O6. The molecule has 0 bridgehead atoms. The summed E-state index contributed by atoms with van der Waals surface area (Å²) >= 11 is 0. The lowest BCUT2D eigenvalue weighted by atomic mass is 9.89. The number of esters is 3. The van der Waals surface area contributed by atoms with Gasteiger partial charge < -0.3 is 24.2 Å². The molecule has 2 N–H and O–H groups in total. The first kappa shape index (κ1) is 30.4. The van der Waals surface area contributed by atoms with E-state index in [1.54, 1.807) is 0 Å². The van der Waals surface area contributed by atoms with Crippen LogP contribution in [-0.2, 0) is 45.1 Å². The summed E-state index contributed by atoms with van der Waals surface area (Å²) in [4.78, 5) is 45.7.